The van der Waals surface area contributed by atoms with Gasteiger partial charge in [0.15, 0.2) is 0 Å². The van der Waals surface area contributed by atoms with Crippen molar-refractivity contribution in [3.05, 3.63) is 12.3 Å². The van der Waals surface area contributed by atoms with Gasteiger partial charge in [-0.1, -0.05) is 19.8 Å². The minimum atomic E-state index is 0.453. The number of anilines is 2. The summed E-state index contributed by atoms with van der Waals surface area (Å²) in [6.45, 7) is 2.31. The molecule has 1 aromatic heterocycles. The molecule has 2 unspecified atom stereocenters. The van der Waals surface area contributed by atoms with Crippen LogP contribution in [0, 0.1) is 5.92 Å². The summed E-state index contributed by atoms with van der Waals surface area (Å²) in [5, 5.41) is 3.44. The van der Waals surface area contributed by atoms with Crippen LogP contribution >= 0.6 is 0 Å². The molecule has 1 aliphatic rings. The van der Waals surface area contributed by atoms with E-state index < -0.39 is 0 Å². The van der Waals surface area contributed by atoms with E-state index in [1.807, 2.05) is 6.07 Å². The van der Waals surface area contributed by atoms with Crippen molar-refractivity contribution in [3.8, 4) is 0 Å². The fourth-order valence-corrected chi connectivity index (χ4v) is 2.28. The number of rotatable bonds is 3. The molecule has 0 aromatic carbocycles. The van der Waals surface area contributed by atoms with E-state index in [4.69, 9.17) is 5.84 Å². The number of nitrogens with two attached hydrogens (primary N) is 1. The summed E-state index contributed by atoms with van der Waals surface area (Å²) < 4.78 is 0. The van der Waals surface area contributed by atoms with Gasteiger partial charge in [0.05, 0.1) is 0 Å². The third-order valence-corrected chi connectivity index (χ3v) is 3.07. The fourth-order valence-electron chi connectivity index (χ4n) is 2.28. The average molecular weight is 221 g/mol. The van der Waals surface area contributed by atoms with Crippen molar-refractivity contribution < 1.29 is 0 Å². The van der Waals surface area contributed by atoms with Gasteiger partial charge in [0.1, 0.15) is 5.82 Å². The monoisotopic (exact) mass is 221 g/mol. The van der Waals surface area contributed by atoms with Gasteiger partial charge in [-0.05, 0) is 24.8 Å². The highest BCUT2D eigenvalue weighted by Crippen LogP contribution is 2.25. The Labute approximate surface area is 95.8 Å². The van der Waals surface area contributed by atoms with Crippen molar-refractivity contribution in [3.63, 3.8) is 0 Å². The highest BCUT2D eigenvalue weighted by molar-refractivity contribution is 5.39. The topological polar surface area (TPSA) is 75.9 Å². The minimum absolute atomic E-state index is 0.453. The normalized spacial score (nSPS) is 25.1. The Hall–Kier alpha value is -1.36. The van der Waals surface area contributed by atoms with Crippen LogP contribution < -0.4 is 16.6 Å². The largest absolute Gasteiger partial charge is 0.367 e. The summed E-state index contributed by atoms with van der Waals surface area (Å²) in [4.78, 5) is 8.23. The number of nitrogen functional groups attached to an aromatic ring is 1. The van der Waals surface area contributed by atoms with Gasteiger partial charge in [-0.25, -0.2) is 10.8 Å². The van der Waals surface area contributed by atoms with Crippen molar-refractivity contribution in [2.75, 3.05) is 10.7 Å². The lowest BCUT2D eigenvalue weighted by Gasteiger charge is -2.27. The fraction of sp³-hybridized carbons (Fsp3) is 0.636. The van der Waals surface area contributed by atoms with Crippen LogP contribution in [0.4, 0.5) is 11.8 Å². The molecule has 5 heteroatoms. The lowest BCUT2D eigenvalue weighted by atomic mass is 9.87. The second kappa shape index (κ2) is 5.12. The minimum Gasteiger partial charge on any atom is -0.367 e. The summed E-state index contributed by atoms with van der Waals surface area (Å²) in [5.74, 6) is 7.38. The second-order valence-corrected chi connectivity index (χ2v) is 4.52. The third kappa shape index (κ3) is 2.82. The van der Waals surface area contributed by atoms with E-state index in [2.05, 4.69) is 27.6 Å². The summed E-state index contributed by atoms with van der Waals surface area (Å²) >= 11 is 0. The van der Waals surface area contributed by atoms with Crippen molar-refractivity contribution in [1.82, 2.24) is 9.97 Å². The van der Waals surface area contributed by atoms with Crippen LogP contribution in [0.5, 0.6) is 0 Å². The van der Waals surface area contributed by atoms with Crippen LogP contribution in [0.25, 0.3) is 0 Å². The molecule has 1 aromatic rings. The summed E-state index contributed by atoms with van der Waals surface area (Å²) in [5.41, 5.74) is 2.45. The van der Waals surface area contributed by atoms with E-state index >= 15 is 0 Å². The van der Waals surface area contributed by atoms with Gasteiger partial charge in [-0.15, -0.1) is 0 Å². The Bertz CT molecular complexity index is 341. The Morgan fingerprint density at radius 1 is 1.44 bits per heavy atom. The maximum atomic E-state index is 5.27. The maximum Gasteiger partial charge on any atom is 0.239 e. The van der Waals surface area contributed by atoms with E-state index in [0.29, 0.717) is 12.0 Å². The van der Waals surface area contributed by atoms with Crippen LogP contribution in [0.15, 0.2) is 12.3 Å². The van der Waals surface area contributed by atoms with Gasteiger partial charge in [0.2, 0.25) is 5.95 Å². The van der Waals surface area contributed by atoms with Crippen LogP contribution in [0.1, 0.15) is 32.6 Å². The van der Waals surface area contributed by atoms with Crippen molar-refractivity contribution in [2.24, 2.45) is 11.8 Å². The van der Waals surface area contributed by atoms with Gasteiger partial charge in [-0.3, -0.25) is 5.43 Å². The number of nitrogens with zero attached hydrogens (tertiary/aromatic N) is 2. The first-order chi connectivity index (χ1) is 7.78. The Kier molecular flexibility index (Phi) is 3.56. The Morgan fingerprint density at radius 3 is 3.06 bits per heavy atom. The molecule has 0 radical (unpaired) electrons. The third-order valence-electron chi connectivity index (χ3n) is 3.07. The summed E-state index contributed by atoms with van der Waals surface area (Å²) in [6, 6.07) is 2.41. The van der Waals surface area contributed by atoms with E-state index in [-0.39, 0.29) is 0 Å². The van der Waals surface area contributed by atoms with E-state index in [1.165, 1.54) is 25.7 Å². The molecule has 0 saturated heterocycles. The van der Waals surface area contributed by atoms with Crippen molar-refractivity contribution >= 4 is 11.8 Å². The molecule has 0 spiro atoms. The molecule has 0 aliphatic heterocycles. The molecule has 0 amide bonds. The van der Waals surface area contributed by atoms with Crippen molar-refractivity contribution in [2.45, 2.75) is 38.6 Å². The molecular weight excluding hydrogens is 202 g/mol. The smallest absolute Gasteiger partial charge is 0.239 e. The first kappa shape index (κ1) is 11.1. The molecular formula is C11H19N5. The van der Waals surface area contributed by atoms with E-state index in [1.54, 1.807) is 6.20 Å². The molecule has 1 aliphatic carbocycles. The number of aromatic nitrogens is 2. The first-order valence-corrected chi connectivity index (χ1v) is 5.84. The Morgan fingerprint density at radius 2 is 2.31 bits per heavy atom. The van der Waals surface area contributed by atoms with Gasteiger partial charge in [0.25, 0.3) is 0 Å². The van der Waals surface area contributed by atoms with Gasteiger partial charge in [-0.2, -0.15) is 4.98 Å². The van der Waals surface area contributed by atoms with Gasteiger partial charge < -0.3 is 5.32 Å². The predicted molar refractivity (Wildman–Crippen MR) is 64.9 cm³/mol. The molecule has 88 valence electrons. The summed E-state index contributed by atoms with van der Waals surface area (Å²) in [7, 11) is 0. The average Bonchev–Trinajstić information content (AvgIpc) is 2.29. The lowest BCUT2D eigenvalue weighted by Crippen LogP contribution is -2.26. The number of nitrogens with one attached hydrogen (secondary N) is 2. The number of hydrazine groups is 1. The Balaban J connectivity index is 1.97. The maximum absolute atomic E-state index is 5.27. The molecule has 2 atom stereocenters. The van der Waals surface area contributed by atoms with Gasteiger partial charge in [0, 0.05) is 12.2 Å². The molecule has 1 saturated carbocycles. The highest BCUT2D eigenvalue weighted by atomic mass is 15.3. The molecule has 5 nitrogen and oxygen atoms in total. The highest BCUT2D eigenvalue weighted by Gasteiger charge is 2.18. The quantitative estimate of drug-likeness (QED) is 0.535. The molecule has 1 heterocycles. The zero-order valence-electron chi connectivity index (χ0n) is 9.61. The molecule has 0 bridgehead atoms. The summed E-state index contributed by atoms with van der Waals surface area (Å²) in [6.07, 6.45) is 6.79. The number of hydrogen-bond acceptors (Lipinski definition) is 5. The van der Waals surface area contributed by atoms with Gasteiger partial charge >= 0.3 is 0 Å². The first-order valence-electron chi connectivity index (χ1n) is 5.84. The lowest BCUT2D eigenvalue weighted by molar-refractivity contribution is 0.358. The van der Waals surface area contributed by atoms with Crippen LogP contribution in [-0.2, 0) is 0 Å². The van der Waals surface area contributed by atoms with E-state index in [0.717, 1.165) is 11.7 Å². The second-order valence-electron chi connectivity index (χ2n) is 4.52. The molecule has 2 rings (SSSR count). The zero-order valence-corrected chi connectivity index (χ0v) is 9.61. The SMILES string of the molecule is CC1CCCC(Nc2ccnc(NN)n2)C1. The zero-order chi connectivity index (χ0) is 11.4. The number of hydrogen-bond donors (Lipinski definition) is 3. The van der Waals surface area contributed by atoms with Crippen LogP contribution in [0.3, 0.4) is 0 Å². The van der Waals surface area contributed by atoms with Crippen LogP contribution in [0.2, 0.25) is 0 Å². The predicted octanol–water partition coefficient (Wildman–Crippen LogP) is 1.75. The molecule has 4 N–H and O–H groups in total. The van der Waals surface area contributed by atoms with Crippen molar-refractivity contribution in [1.29, 1.82) is 0 Å². The molecule has 1 fully saturated rings. The van der Waals surface area contributed by atoms with E-state index in [9.17, 15) is 0 Å². The standard InChI is InChI=1S/C11H19N5/c1-8-3-2-4-9(7-8)14-10-5-6-13-11(15-10)16-12/h5-6,8-9H,2-4,7,12H2,1H3,(H2,13,14,15,16). The van der Waals surface area contributed by atoms with Crippen LogP contribution in [-0.4, -0.2) is 16.0 Å². The molecule has 16 heavy (non-hydrogen) atoms.